The van der Waals surface area contributed by atoms with Gasteiger partial charge in [0.1, 0.15) is 0 Å². The molecule has 0 radical (unpaired) electrons. The third-order valence-corrected chi connectivity index (χ3v) is 4.26. The average Bonchev–Trinajstić information content (AvgIpc) is 2.54. The summed E-state index contributed by atoms with van der Waals surface area (Å²) in [6.07, 6.45) is 4.21. The van der Waals surface area contributed by atoms with Gasteiger partial charge in [-0.3, -0.25) is 4.98 Å². The van der Waals surface area contributed by atoms with Crippen LogP contribution in [0, 0.1) is 13.8 Å². The molecule has 1 unspecified atom stereocenters. The molecule has 0 amide bonds. The molecule has 0 bridgehead atoms. The van der Waals surface area contributed by atoms with Crippen molar-refractivity contribution in [2.24, 2.45) is 0 Å². The van der Waals surface area contributed by atoms with E-state index in [-0.39, 0.29) is 0 Å². The maximum absolute atomic E-state index is 10.5. The highest BCUT2D eigenvalue weighted by molar-refractivity contribution is 5.31. The summed E-state index contributed by atoms with van der Waals surface area (Å²) in [5.74, 6) is 0. The van der Waals surface area contributed by atoms with Crippen LogP contribution in [0.2, 0.25) is 0 Å². The topological polar surface area (TPSA) is 36.4 Å². The first-order chi connectivity index (χ1) is 10.6. The average molecular weight is 298 g/mol. The molecule has 0 spiro atoms. The molecule has 2 rings (SSSR count). The molecular weight excluding hydrogens is 272 g/mol. The predicted octanol–water partition coefficient (Wildman–Crippen LogP) is 3.30. The Bertz CT molecular complexity index is 583. The number of hydrogen-bond acceptors (Lipinski definition) is 3. The lowest BCUT2D eigenvalue weighted by molar-refractivity contribution is 0.116. The Morgan fingerprint density at radius 2 is 1.82 bits per heavy atom. The van der Waals surface area contributed by atoms with Crippen molar-refractivity contribution in [1.29, 1.82) is 0 Å². The Kier molecular flexibility index (Phi) is 6.10. The standard InChI is InChI=1S/C19H26N2O/c1-4-21(12-9-17-7-10-20-11-8-17)14-19(22)18-6-5-15(2)16(3)13-18/h5-8,10-11,13,19,22H,4,9,12,14H2,1-3H3. The molecule has 22 heavy (non-hydrogen) atoms. The number of nitrogens with zero attached hydrogens (tertiary/aromatic N) is 2. The summed E-state index contributed by atoms with van der Waals surface area (Å²) in [5.41, 5.74) is 4.79. The van der Waals surface area contributed by atoms with E-state index in [1.54, 1.807) is 0 Å². The number of rotatable bonds is 7. The van der Waals surface area contributed by atoms with E-state index in [1.807, 2.05) is 30.6 Å². The van der Waals surface area contributed by atoms with E-state index >= 15 is 0 Å². The molecule has 1 N–H and O–H groups in total. The molecule has 2 aromatic rings. The van der Waals surface area contributed by atoms with Gasteiger partial charge in [-0.15, -0.1) is 0 Å². The quantitative estimate of drug-likeness (QED) is 0.852. The molecule has 0 fully saturated rings. The normalized spacial score (nSPS) is 12.6. The monoisotopic (exact) mass is 298 g/mol. The van der Waals surface area contributed by atoms with Gasteiger partial charge in [-0.25, -0.2) is 0 Å². The second kappa shape index (κ2) is 8.06. The summed E-state index contributed by atoms with van der Waals surface area (Å²) in [6, 6.07) is 10.3. The molecule has 3 heteroatoms. The molecular formula is C19H26N2O. The largest absolute Gasteiger partial charge is 0.387 e. The number of likely N-dealkylation sites (N-methyl/N-ethyl adjacent to an activating group) is 1. The molecule has 1 atom stereocenters. The minimum Gasteiger partial charge on any atom is -0.387 e. The minimum absolute atomic E-state index is 0.434. The van der Waals surface area contributed by atoms with Crippen LogP contribution in [0.25, 0.3) is 0 Å². The Hall–Kier alpha value is -1.71. The van der Waals surface area contributed by atoms with Crippen molar-refractivity contribution in [3.8, 4) is 0 Å². The van der Waals surface area contributed by atoms with Crippen LogP contribution in [-0.2, 0) is 6.42 Å². The molecule has 0 aliphatic carbocycles. The third-order valence-electron chi connectivity index (χ3n) is 4.26. The molecule has 118 valence electrons. The number of aliphatic hydroxyl groups excluding tert-OH is 1. The molecule has 0 saturated carbocycles. The van der Waals surface area contributed by atoms with E-state index in [0.717, 1.165) is 25.1 Å². The fourth-order valence-corrected chi connectivity index (χ4v) is 2.54. The lowest BCUT2D eigenvalue weighted by Gasteiger charge is -2.24. The van der Waals surface area contributed by atoms with E-state index in [1.165, 1.54) is 16.7 Å². The highest BCUT2D eigenvalue weighted by Gasteiger charge is 2.13. The summed E-state index contributed by atoms with van der Waals surface area (Å²) in [5, 5.41) is 10.5. The molecule has 1 aromatic carbocycles. The molecule has 0 saturated heterocycles. The van der Waals surface area contributed by atoms with Gasteiger partial charge in [0, 0.05) is 25.5 Å². The van der Waals surface area contributed by atoms with Crippen LogP contribution in [0.1, 0.15) is 35.3 Å². The smallest absolute Gasteiger partial charge is 0.0917 e. The number of benzene rings is 1. The number of pyridine rings is 1. The SMILES string of the molecule is CCN(CCc1ccncc1)CC(O)c1ccc(C)c(C)c1. The summed E-state index contributed by atoms with van der Waals surface area (Å²) in [7, 11) is 0. The van der Waals surface area contributed by atoms with Gasteiger partial charge in [-0.05, 0) is 61.2 Å². The lowest BCUT2D eigenvalue weighted by Crippen LogP contribution is -2.30. The minimum atomic E-state index is -0.434. The van der Waals surface area contributed by atoms with Gasteiger partial charge in [-0.1, -0.05) is 25.1 Å². The predicted molar refractivity (Wildman–Crippen MR) is 90.9 cm³/mol. The number of aromatic nitrogens is 1. The van der Waals surface area contributed by atoms with Crippen LogP contribution in [0.15, 0.2) is 42.7 Å². The summed E-state index contributed by atoms with van der Waals surface area (Å²) in [6.45, 7) is 8.88. The Balaban J connectivity index is 1.92. The fourth-order valence-electron chi connectivity index (χ4n) is 2.54. The highest BCUT2D eigenvalue weighted by atomic mass is 16.3. The zero-order valence-electron chi connectivity index (χ0n) is 13.8. The van der Waals surface area contributed by atoms with Crippen molar-refractivity contribution in [2.45, 2.75) is 33.3 Å². The van der Waals surface area contributed by atoms with Crippen LogP contribution in [-0.4, -0.2) is 34.6 Å². The van der Waals surface area contributed by atoms with Crippen molar-refractivity contribution in [2.75, 3.05) is 19.6 Å². The zero-order valence-corrected chi connectivity index (χ0v) is 13.8. The molecule has 0 aliphatic rings. The van der Waals surface area contributed by atoms with Gasteiger partial charge < -0.3 is 10.0 Å². The van der Waals surface area contributed by atoms with Gasteiger partial charge in [0.2, 0.25) is 0 Å². The number of aliphatic hydroxyl groups is 1. The highest BCUT2D eigenvalue weighted by Crippen LogP contribution is 2.18. The Labute approximate surface area is 133 Å². The van der Waals surface area contributed by atoms with Gasteiger partial charge in [0.15, 0.2) is 0 Å². The van der Waals surface area contributed by atoms with Crippen molar-refractivity contribution in [3.63, 3.8) is 0 Å². The van der Waals surface area contributed by atoms with Crippen LogP contribution >= 0.6 is 0 Å². The lowest BCUT2D eigenvalue weighted by atomic mass is 10.0. The van der Waals surface area contributed by atoms with Crippen molar-refractivity contribution in [1.82, 2.24) is 9.88 Å². The first-order valence-electron chi connectivity index (χ1n) is 7.96. The Morgan fingerprint density at radius 3 is 2.45 bits per heavy atom. The summed E-state index contributed by atoms with van der Waals surface area (Å²) >= 11 is 0. The Morgan fingerprint density at radius 1 is 1.09 bits per heavy atom. The maximum atomic E-state index is 10.5. The van der Waals surface area contributed by atoms with Crippen LogP contribution in [0.3, 0.4) is 0 Å². The zero-order chi connectivity index (χ0) is 15.9. The number of aryl methyl sites for hydroxylation is 2. The third kappa shape index (κ3) is 4.65. The molecule has 1 aromatic heterocycles. The van der Waals surface area contributed by atoms with Crippen LogP contribution in [0.4, 0.5) is 0 Å². The molecule has 1 heterocycles. The maximum Gasteiger partial charge on any atom is 0.0917 e. The summed E-state index contributed by atoms with van der Waals surface area (Å²) in [4.78, 5) is 6.33. The first kappa shape index (κ1) is 16.7. The molecule has 3 nitrogen and oxygen atoms in total. The van der Waals surface area contributed by atoms with Crippen molar-refractivity contribution in [3.05, 3.63) is 65.0 Å². The van der Waals surface area contributed by atoms with Gasteiger partial charge in [0.25, 0.3) is 0 Å². The van der Waals surface area contributed by atoms with Crippen LogP contribution < -0.4 is 0 Å². The van der Waals surface area contributed by atoms with Crippen molar-refractivity contribution < 1.29 is 5.11 Å². The van der Waals surface area contributed by atoms with Gasteiger partial charge in [0.05, 0.1) is 6.10 Å². The van der Waals surface area contributed by atoms with Gasteiger partial charge >= 0.3 is 0 Å². The second-order valence-corrected chi connectivity index (χ2v) is 5.86. The van der Waals surface area contributed by atoms with E-state index in [0.29, 0.717) is 6.54 Å². The van der Waals surface area contributed by atoms with E-state index in [4.69, 9.17) is 0 Å². The van der Waals surface area contributed by atoms with Crippen molar-refractivity contribution >= 4 is 0 Å². The number of hydrogen-bond donors (Lipinski definition) is 1. The van der Waals surface area contributed by atoms with E-state index < -0.39 is 6.10 Å². The van der Waals surface area contributed by atoms with E-state index in [9.17, 15) is 5.11 Å². The van der Waals surface area contributed by atoms with E-state index in [2.05, 4.69) is 42.8 Å². The first-order valence-corrected chi connectivity index (χ1v) is 7.96. The second-order valence-electron chi connectivity index (χ2n) is 5.86. The van der Waals surface area contributed by atoms with Crippen LogP contribution in [0.5, 0.6) is 0 Å². The fraction of sp³-hybridized carbons (Fsp3) is 0.421. The summed E-state index contributed by atoms with van der Waals surface area (Å²) < 4.78 is 0. The van der Waals surface area contributed by atoms with Gasteiger partial charge in [-0.2, -0.15) is 0 Å². The molecule has 0 aliphatic heterocycles.